The number of benzene rings is 1. The van der Waals surface area contributed by atoms with E-state index in [0.717, 1.165) is 6.42 Å². The van der Waals surface area contributed by atoms with Crippen LogP contribution in [0.25, 0.3) is 0 Å². The lowest BCUT2D eigenvalue weighted by Gasteiger charge is -2.05. The van der Waals surface area contributed by atoms with Gasteiger partial charge in [-0.15, -0.1) is 0 Å². The van der Waals surface area contributed by atoms with E-state index in [4.69, 9.17) is 10.8 Å². The molecule has 2 unspecified atom stereocenters. The Balaban J connectivity index is 2.20. The molecule has 1 aromatic rings. The SMILES string of the molecule is NCc1ccccc1C1CC1CO. The monoisotopic (exact) mass is 177 g/mol. The van der Waals surface area contributed by atoms with Crippen molar-refractivity contribution in [3.8, 4) is 0 Å². The van der Waals surface area contributed by atoms with E-state index >= 15 is 0 Å². The van der Waals surface area contributed by atoms with Crippen molar-refractivity contribution in [2.45, 2.75) is 18.9 Å². The van der Waals surface area contributed by atoms with Crippen LogP contribution in [-0.4, -0.2) is 11.7 Å². The van der Waals surface area contributed by atoms with Gasteiger partial charge in [-0.05, 0) is 29.4 Å². The summed E-state index contributed by atoms with van der Waals surface area (Å²) in [5.74, 6) is 1.04. The van der Waals surface area contributed by atoms with Gasteiger partial charge in [0.05, 0.1) is 0 Å². The molecule has 1 aromatic carbocycles. The zero-order chi connectivity index (χ0) is 9.26. The third-order valence-electron chi connectivity index (χ3n) is 2.83. The van der Waals surface area contributed by atoms with E-state index in [9.17, 15) is 0 Å². The van der Waals surface area contributed by atoms with E-state index in [1.54, 1.807) is 0 Å². The summed E-state index contributed by atoms with van der Waals surface area (Å²) < 4.78 is 0. The minimum Gasteiger partial charge on any atom is -0.396 e. The second-order valence-electron chi connectivity index (χ2n) is 3.69. The summed E-state index contributed by atoms with van der Waals surface area (Å²) in [6.07, 6.45) is 1.12. The molecule has 0 heterocycles. The number of hydrogen-bond donors (Lipinski definition) is 2. The molecule has 1 fully saturated rings. The van der Waals surface area contributed by atoms with Crippen LogP contribution in [0.15, 0.2) is 24.3 Å². The molecule has 13 heavy (non-hydrogen) atoms. The van der Waals surface area contributed by atoms with Crippen LogP contribution in [-0.2, 0) is 6.54 Å². The van der Waals surface area contributed by atoms with Gasteiger partial charge in [-0.25, -0.2) is 0 Å². The lowest BCUT2D eigenvalue weighted by molar-refractivity contribution is 0.274. The molecule has 0 saturated heterocycles. The Morgan fingerprint density at radius 3 is 2.77 bits per heavy atom. The molecule has 3 N–H and O–H groups in total. The van der Waals surface area contributed by atoms with Gasteiger partial charge in [0, 0.05) is 13.2 Å². The Morgan fingerprint density at radius 2 is 2.15 bits per heavy atom. The highest BCUT2D eigenvalue weighted by molar-refractivity contribution is 5.34. The maximum atomic E-state index is 8.97. The molecular weight excluding hydrogens is 162 g/mol. The van der Waals surface area contributed by atoms with Crippen LogP contribution in [0.3, 0.4) is 0 Å². The molecule has 0 amide bonds. The van der Waals surface area contributed by atoms with Gasteiger partial charge in [-0.1, -0.05) is 24.3 Å². The predicted octanol–water partition coefficient (Wildman–Crippen LogP) is 1.24. The van der Waals surface area contributed by atoms with Gasteiger partial charge < -0.3 is 10.8 Å². The molecule has 0 spiro atoms. The summed E-state index contributed by atoms with van der Waals surface area (Å²) in [7, 11) is 0. The summed E-state index contributed by atoms with van der Waals surface area (Å²) in [5.41, 5.74) is 8.20. The van der Waals surface area contributed by atoms with Crippen LogP contribution in [0, 0.1) is 5.92 Å². The predicted molar refractivity (Wildman–Crippen MR) is 52.3 cm³/mol. The molecule has 1 aliphatic carbocycles. The van der Waals surface area contributed by atoms with Crippen LogP contribution in [0.1, 0.15) is 23.5 Å². The topological polar surface area (TPSA) is 46.2 Å². The van der Waals surface area contributed by atoms with Crippen LogP contribution in [0.4, 0.5) is 0 Å². The summed E-state index contributed by atoms with van der Waals surface area (Å²) in [5, 5.41) is 8.97. The van der Waals surface area contributed by atoms with Crippen LogP contribution in [0.5, 0.6) is 0 Å². The van der Waals surface area contributed by atoms with Crippen molar-refractivity contribution in [1.29, 1.82) is 0 Å². The van der Waals surface area contributed by atoms with Crippen molar-refractivity contribution in [2.75, 3.05) is 6.61 Å². The van der Waals surface area contributed by atoms with Gasteiger partial charge in [-0.3, -0.25) is 0 Å². The second-order valence-corrected chi connectivity index (χ2v) is 3.69. The van der Waals surface area contributed by atoms with Crippen molar-refractivity contribution >= 4 is 0 Å². The van der Waals surface area contributed by atoms with E-state index in [-0.39, 0.29) is 0 Å². The first kappa shape index (κ1) is 8.73. The molecule has 2 rings (SSSR count). The fourth-order valence-corrected chi connectivity index (χ4v) is 1.91. The minimum atomic E-state index is 0.309. The van der Waals surface area contributed by atoms with Crippen molar-refractivity contribution in [3.63, 3.8) is 0 Å². The molecule has 0 aliphatic heterocycles. The first-order chi connectivity index (χ1) is 6.36. The number of rotatable bonds is 3. The number of hydrogen-bond acceptors (Lipinski definition) is 2. The van der Waals surface area contributed by atoms with Crippen molar-refractivity contribution in [2.24, 2.45) is 11.7 Å². The molecule has 1 aliphatic rings. The Kier molecular flexibility index (Phi) is 2.34. The average Bonchev–Trinajstić information content (AvgIpc) is 2.96. The normalized spacial score (nSPS) is 26.0. The molecule has 0 bridgehead atoms. The lowest BCUT2D eigenvalue weighted by Crippen LogP contribution is -2.01. The molecule has 0 radical (unpaired) electrons. The minimum absolute atomic E-state index is 0.309. The highest BCUT2D eigenvalue weighted by Crippen LogP contribution is 2.47. The Labute approximate surface area is 78.4 Å². The zero-order valence-electron chi connectivity index (χ0n) is 7.61. The fraction of sp³-hybridized carbons (Fsp3) is 0.455. The number of aliphatic hydroxyl groups is 1. The third kappa shape index (κ3) is 1.60. The van der Waals surface area contributed by atoms with Crippen LogP contribution >= 0.6 is 0 Å². The van der Waals surface area contributed by atoms with Gasteiger partial charge in [-0.2, -0.15) is 0 Å². The smallest absolute Gasteiger partial charge is 0.0465 e. The summed E-state index contributed by atoms with van der Waals surface area (Å²) >= 11 is 0. The summed E-state index contributed by atoms with van der Waals surface area (Å²) in [4.78, 5) is 0. The second kappa shape index (κ2) is 3.48. The standard InChI is InChI=1S/C11H15NO/c12-6-8-3-1-2-4-10(8)11-5-9(11)7-13/h1-4,9,11,13H,5-7,12H2. The summed E-state index contributed by atoms with van der Waals surface area (Å²) in [6, 6.07) is 8.26. The largest absolute Gasteiger partial charge is 0.396 e. The van der Waals surface area contributed by atoms with Crippen molar-refractivity contribution in [1.82, 2.24) is 0 Å². The van der Waals surface area contributed by atoms with E-state index < -0.39 is 0 Å². The first-order valence-corrected chi connectivity index (χ1v) is 4.75. The molecular formula is C11H15NO. The van der Waals surface area contributed by atoms with E-state index in [2.05, 4.69) is 12.1 Å². The molecule has 1 saturated carbocycles. The van der Waals surface area contributed by atoms with Crippen LogP contribution < -0.4 is 5.73 Å². The quantitative estimate of drug-likeness (QED) is 0.729. The highest BCUT2D eigenvalue weighted by Gasteiger charge is 2.38. The van der Waals surface area contributed by atoms with E-state index in [1.807, 2.05) is 12.1 Å². The molecule has 2 atom stereocenters. The Hall–Kier alpha value is -0.860. The van der Waals surface area contributed by atoms with Gasteiger partial charge in [0.25, 0.3) is 0 Å². The maximum Gasteiger partial charge on any atom is 0.0465 e. The van der Waals surface area contributed by atoms with Crippen LogP contribution in [0.2, 0.25) is 0 Å². The van der Waals surface area contributed by atoms with Gasteiger partial charge in [0.1, 0.15) is 0 Å². The summed E-state index contributed by atoms with van der Waals surface area (Å²) in [6.45, 7) is 0.911. The number of aliphatic hydroxyl groups excluding tert-OH is 1. The van der Waals surface area contributed by atoms with Crippen molar-refractivity contribution in [3.05, 3.63) is 35.4 Å². The fourth-order valence-electron chi connectivity index (χ4n) is 1.91. The maximum absolute atomic E-state index is 8.97. The van der Waals surface area contributed by atoms with Gasteiger partial charge in [0.15, 0.2) is 0 Å². The Bertz CT molecular complexity index is 298. The Morgan fingerprint density at radius 1 is 1.38 bits per heavy atom. The van der Waals surface area contributed by atoms with Gasteiger partial charge in [0.2, 0.25) is 0 Å². The van der Waals surface area contributed by atoms with Gasteiger partial charge >= 0.3 is 0 Å². The molecule has 70 valence electrons. The third-order valence-corrected chi connectivity index (χ3v) is 2.83. The van der Waals surface area contributed by atoms with E-state index in [0.29, 0.717) is 25.0 Å². The van der Waals surface area contributed by atoms with E-state index in [1.165, 1.54) is 11.1 Å². The molecule has 0 aromatic heterocycles. The molecule has 2 heteroatoms. The highest BCUT2D eigenvalue weighted by atomic mass is 16.3. The zero-order valence-corrected chi connectivity index (χ0v) is 7.61. The lowest BCUT2D eigenvalue weighted by atomic mass is 10.0. The number of nitrogens with two attached hydrogens (primary N) is 1. The first-order valence-electron chi connectivity index (χ1n) is 4.75. The average molecular weight is 177 g/mol. The van der Waals surface area contributed by atoms with Crippen molar-refractivity contribution < 1.29 is 5.11 Å². The molecule has 2 nitrogen and oxygen atoms in total.